The molecule has 0 aliphatic rings. The Bertz CT molecular complexity index is 989. The van der Waals surface area contributed by atoms with E-state index in [-0.39, 0.29) is 31.1 Å². The minimum absolute atomic E-state index is 0.0739. The molecule has 0 saturated carbocycles. The highest BCUT2D eigenvalue weighted by Gasteiger charge is 2.19. The molecule has 1 atom stereocenters. The van der Waals surface area contributed by atoms with Gasteiger partial charge in [-0.15, -0.1) is 0 Å². The highest BCUT2D eigenvalue weighted by atomic mass is 16.6. The van der Waals surface area contributed by atoms with Crippen molar-refractivity contribution < 1.29 is 28.6 Å². The molecule has 0 fully saturated rings. The zero-order valence-corrected chi connectivity index (χ0v) is 40.9. The maximum atomic E-state index is 12.7. The lowest BCUT2D eigenvalue weighted by atomic mass is 10.0. The van der Waals surface area contributed by atoms with E-state index in [0.29, 0.717) is 19.3 Å². The lowest BCUT2D eigenvalue weighted by Gasteiger charge is -2.18. The highest BCUT2D eigenvalue weighted by molar-refractivity contribution is 5.71. The van der Waals surface area contributed by atoms with E-state index in [4.69, 9.17) is 14.2 Å². The van der Waals surface area contributed by atoms with Gasteiger partial charge in [-0.2, -0.15) is 0 Å². The van der Waals surface area contributed by atoms with E-state index in [1.165, 1.54) is 161 Å². The monoisotopic (exact) mass is 859 g/mol. The van der Waals surface area contributed by atoms with Gasteiger partial charge in [-0.1, -0.05) is 238 Å². The first-order valence-corrected chi connectivity index (χ1v) is 26.8. The van der Waals surface area contributed by atoms with E-state index >= 15 is 0 Å². The zero-order valence-electron chi connectivity index (χ0n) is 40.9. The van der Waals surface area contributed by atoms with Crippen LogP contribution in [-0.4, -0.2) is 37.2 Å². The van der Waals surface area contributed by atoms with Crippen molar-refractivity contribution in [2.24, 2.45) is 0 Å². The number of hydrogen-bond donors (Lipinski definition) is 0. The van der Waals surface area contributed by atoms with Gasteiger partial charge in [0.25, 0.3) is 0 Å². The molecular formula is C55H102O6. The highest BCUT2D eigenvalue weighted by Crippen LogP contribution is 2.17. The Balaban J connectivity index is 4.13. The summed E-state index contributed by atoms with van der Waals surface area (Å²) < 4.78 is 16.7. The van der Waals surface area contributed by atoms with E-state index in [2.05, 4.69) is 45.1 Å². The molecule has 0 radical (unpaired) electrons. The van der Waals surface area contributed by atoms with Crippen LogP contribution in [0.1, 0.15) is 290 Å². The van der Waals surface area contributed by atoms with Crippen LogP contribution in [0.2, 0.25) is 0 Å². The van der Waals surface area contributed by atoms with Crippen molar-refractivity contribution in [2.45, 2.75) is 297 Å². The van der Waals surface area contributed by atoms with Crippen molar-refractivity contribution in [3.05, 3.63) is 24.3 Å². The van der Waals surface area contributed by atoms with Crippen molar-refractivity contribution in [3.8, 4) is 0 Å². The fourth-order valence-electron chi connectivity index (χ4n) is 7.86. The Hall–Kier alpha value is -2.11. The summed E-state index contributed by atoms with van der Waals surface area (Å²) >= 11 is 0. The summed E-state index contributed by atoms with van der Waals surface area (Å²) in [5.74, 6) is -0.885. The summed E-state index contributed by atoms with van der Waals surface area (Å²) in [6, 6.07) is 0. The molecule has 0 aromatic heterocycles. The summed E-state index contributed by atoms with van der Waals surface area (Å²) in [6.45, 7) is 6.53. The van der Waals surface area contributed by atoms with Gasteiger partial charge in [0.05, 0.1) is 0 Å². The molecule has 61 heavy (non-hydrogen) atoms. The van der Waals surface area contributed by atoms with Crippen molar-refractivity contribution in [1.82, 2.24) is 0 Å². The number of carbonyl (C=O) groups excluding carboxylic acids is 3. The minimum Gasteiger partial charge on any atom is -0.462 e. The van der Waals surface area contributed by atoms with Crippen LogP contribution >= 0.6 is 0 Å². The first-order chi connectivity index (χ1) is 30.0. The lowest BCUT2D eigenvalue weighted by Crippen LogP contribution is -2.30. The Kier molecular flexibility index (Phi) is 48.8. The van der Waals surface area contributed by atoms with Gasteiger partial charge in [0, 0.05) is 19.3 Å². The Labute approximate surface area is 379 Å². The van der Waals surface area contributed by atoms with E-state index in [9.17, 15) is 14.4 Å². The van der Waals surface area contributed by atoms with Gasteiger partial charge in [-0.3, -0.25) is 14.4 Å². The van der Waals surface area contributed by atoms with Gasteiger partial charge in [-0.05, 0) is 57.8 Å². The summed E-state index contributed by atoms with van der Waals surface area (Å²) in [7, 11) is 0. The summed E-state index contributed by atoms with van der Waals surface area (Å²) in [6.07, 6.45) is 57.6. The van der Waals surface area contributed by atoms with E-state index in [1.54, 1.807) is 0 Å². The Morgan fingerprint density at radius 1 is 0.311 bits per heavy atom. The van der Waals surface area contributed by atoms with Crippen LogP contribution in [0.3, 0.4) is 0 Å². The molecule has 0 aromatic carbocycles. The Morgan fingerprint density at radius 2 is 0.574 bits per heavy atom. The largest absolute Gasteiger partial charge is 0.462 e. The van der Waals surface area contributed by atoms with Crippen LogP contribution < -0.4 is 0 Å². The summed E-state index contributed by atoms with van der Waals surface area (Å²) in [4.78, 5) is 37.8. The molecule has 0 aliphatic carbocycles. The van der Waals surface area contributed by atoms with E-state index in [1.807, 2.05) is 0 Å². The topological polar surface area (TPSA) is 78.9 Å². The fraction of sp³-hybridized carbons (Fsp3) is 0.873. The van der Waals surface area contributed by atoms with Crippen LogP contribution in [0.15, 0.2) is 24.3 Å². The number of unbranched alkanes of at least 4 members (excludes halogenated alkanes) is 34. The average Bonchev–Trinajstić information content (AvgIpc) is 3.26. The number of carbonyl (C=O) groups is 3. The Morgan fingerprint density at radius 3 is 0.885 bits per heavy atom. The molecule has 0 bridgehead atoms. The van der Waals surface area contributed by atoms with Gasteiger partial charge >= 0.3 is 17.9 Å². The lowest BCUT2D eigenvalue weighted by molar-refractivity contribution is -0.167. The first-order valence-electron chi connectivity index (χ1n) is 26.8. The number of hydrogen-bond acceptors (Lipinski definition) is 6. The maximum Gasteiger partial charge on any atom is 0.306 e. The predicted octanol–water partition coefficient (Wildman–Crippen LogP) is 17.5. The molecule has 0 spiro atoms. The summed E-state index contributed by atoms with van der Waals surface area (Å²) in [5.41, 5.74) is 0. The van der Waals surface area contributed by atoms with Crippen molar-refractivity contribution in [2.75, 3.05) is 13.2 Å². The van der Waals surface area contributed by atoms with Crippen molar-refractivity contribution in [1.29, 1.82) is 0 Å². The quantitative estimate of drug-likeness (QED) is 0.0262. The van der Waals surface area contributed by atoms with Gasteiger partial charge in [-0.25, -0.2) is 0 Å². The summed E-state index contributed by atoms with van der Waals surface area (Å²) in [5, 5.41) is 0. The van der Waals surface area contributed by atoms with Crippen molar-refractivity contribution in [3.63, 3.8) is 0 Å². The van der Waals surface area contributed by atoms with Crippen LogP contribution in [0.5, 0.6) is 0 Å². The van der Waals surface area contributed by atoms with Gasteiger partial charge in [0.15, 0.2) is 6.10 Å². The van der Waals surface area contributed by atoms with Crippen LogP contribution in [-0.2, 0) is 28.6 Å². The molecule has 6 heteroatoms. The average molecular weight is 859 g/mol. The van der Waals surface area contributed by atoms with E-state index < -0.39 is 6.10 Å². The second-order valence-electron chi connectivity index (χ2n) is 18.1. The third-order valence-electron chi connectivity index (χ3n) is 11.9. The number of ether oxygens (including phenoxy) is 3. The SMILES string of the molecule is CCC/C=C\CCCCCCCC(=O)OCC(COC(=O)CCCCCCCCCCCCCCCCCCCCCCCCC)OC(=O)CCCCCCC/C=C\CCC. The number of esters is 3. The van der Waals surface area contributed by atoms with Crippen LogP contribution in [0.4, 0.5) is 0 Å². The maximum absolute atomic E-state index is 12.7. The van der Waals surface area contributed by atoms with Gasteiger partial charge in [0.1, 0.15) is 13.2 Å². The molecule has 1 unspecified atom stereocenters. The molecule has 0 saturated heterocycles. The molecule has 0 amide bonds. The van der Waals surface area contributed by atoms with Gasteiger partial charge in [0.2, 0.25) is 0 Å². The third kappa shape index (κ3) is 48.8. The first kappa shape index (κ1) is 58.9. The van der Waals surface area contributed by atoms with Crippen molar-refractivity contribution >= 4 is 17.9 Å². The molecule has 358 valence electrons. The molecular weight excluding hydrogens is 757 g/mol. The fourth-order valence-corrected chi connectivity index (χ4v) is 7.86. The smallest absolute Gasteiger partial charge is 0.306 e. The second kappa shape index (κ2) is 50.5. The van der Waals surface area contributed by atoms with Crippen LogP contribution in [0, 0.1) is 0 Å². The molecule has 0 N–H and O–H groups in total. The number of allylic oxidation sites excluding steroid dienone is 4. The van der Waals surface area contributed by atoms with E-state index in [0.717, 1.165) is 89.9 Å². The molecule has 0 heterocycles. The standard InChI is InChI=1S/C55H102O6/c1-4-7-10-13-16-19-22-23-24-25-26-27-28-29-30-31-32-33-34-37-39-42-45-48-54(57)60-51-52(61-55(58)49-46-43-40-36-21-18-15-12-9-6-3)50-59-53(56)47-44-41-38-35-20-17-14-11-8-5-2/h11-12,14-15,52H,4-10,13,16-51H2,1-3H3/b14-11-,15-12-. The molecule has 6 nitrogen and oxygen atoms in total. The molecule has 0 aromatic rings. The van der Waals surface area contributed by atoms with Gasteiger partial charge < -0.3 is 14.2 Å². The molecule has 0 aliphatic heterocycles. The minimum atomic E-state index is -0.773. The normalized spacial score (nSPS) is 12.1. The van der Waals surface area contributed by atoms with Crippen LogP contribution in [0.25, 0.3) is 0 Å². The predicted molar refractivity (Wildman–Crippen MR) is 261 cm³/mol. The third-order valence-corrected chi connectivity index (χ3v) is 11.9. The molecule has 0 rings (SSSR count). The number of rotatable bonds is 49. The second-order valence-corrected chi connectivity index (χ2v) is 18.1. The zero-order chi connectivity index (χ0) is 44.4.